The minimum Gasteiger partial charge on any atom is -0.442 e. The van der Waals surface area contributed by atoms with Crippen molar-refractivity contribution in [3.63, 3.8) is 0 Å². The van der Waals surface area contributed by atoms with E-state index in [-0.39, 0.29) is 5.41 Å². The van der Waals surface area contributed by atoms with Crippen LogP contribution in [0.25, 0.3) is 0 Å². The maximum atomic E-state index is 12.1. The van der Waals surface area contributed by atoms with Gasteiger partial charge in [-0.3, -0.25) is 0 Å². The molecule has 6 nitrogen and oxygen atoms in total. The molecule has 0 bridgehead atoms. The molecule has 1 atom stereocenters. The first kappa shape index (κ1) is 20.0. The van der Waals surface area contributed by atoms with E-state index in [1.54, 1.807) is 12.4 Å². The van der Waals surface area contributed by atoms with Gasteiger partial charge in [-0.1, -0.05) is 20.8 Å². The van der Waals surface area contributed by atoms with E-state index in [0.29, 0.717) is 5.46 Å². The summed E-state index contributed by atoms with van der Waals surface area (Å²) in [6.45, 7) is 18.2. The van der Waals surface area contributed by atoms with E-state index in [1.807, 2.05) is 34.6 Å². The minimum absolute atomic E-state index is 0.102. The Morgan fingerprint density at radius 3 is 2.32 bits per heavy atom. The van der Waals surface area contributed by atoms with Crippen molar-refractivity contribution in [2.75, 3.05) is 0 Å². The molecule has 2 heterocycles. The van der Waals surface area contributed by atoms with E-state index in [0.717, 1.165) is 6.42 Å². The molecule has 1 aromatic rings. The van der Waals surface area contributed by atoms with Gasteiger partial charge in [-0.25, -0.2) is 4.79 Å². The molecule has 0 N–H and O–H groups in total. The van der Waals surface area contributed by atoms with Crippen LogP contribution in [0.3, 0.4) is 0 Å². The summed E-state index contributed by atoms with van der Waals surface area (Å²) in [6, 6.07) is 0. The van der Waals surface area contributed by atoms with Crippen LogP contribution in [0.15, 0.2) is 12.4 Å². The van der Waals surface area contributed by atoms with Crippen molar-refractivity contribution >= 4 is 18.7 Å². The van der Waals surface area contributed by atoms with Gasteiger partial charge in [-0.2, -0.15) is 9.78 Å². The predicted molar refractivity (Wildman–Crippen MR) is 98.0 cm³/mol. The highest BCUT2D eigenvalue weighted by molar-refractivity contribution is 6.62. The van der Waals surface area contributed by atoms with Gasteiger partial charge in [0.1, 0.15) is 5.60 Å². The fraction of sp³-hybridized carbons (Fsp3) is 0.778. The highest BCUT2D eigenvalue weighted by Crippen LogP contribution is 2.44. The largest absolute Gasteiger partial charge is 0.498 e. The zero-order valence-electron chi connectivity index (χ0n) is 17.0. The van der Waals surface area contributed by atoms with Crippen molar-refractivity contribution < 1.29 is 18.8 Å². The molecule has 0 aliphatic carbocycles. The number of aromatic nitrogens is 2. The fourth-order valence-electron chi connectivity index (χ4n) is 3.06. The summed E-state index contributed by atoms with van der Waals surface area (Å²) in [4.78, 5) is 12.1. The van der Waals surface area contributed by atoms with Crippen LogP contribution in [0.4, 0.5) is 4.79 Å². The molecule has 0 saturated carbocycles. The van der Waals surface area contributed by atoms with Gasteiger partial charge >= 0.3 is 13.2 Å². The van der Waals surface area contributed by atoms with Gasteiger partial charge in [0, 0.05) is 17.9 Å². The number of rotatable bonds is 2. The van der Waals surface area contributed by atoms with E-state index < -0.39 is 30.0 Å². The average Bonchev–Trinajstić information content (AvgIpc) is 2.89. The molecule has 1 aromatic heterocycles. The summed E-state index contributed by atoms with van der Waals surface area (Å²) in [5, 5.41) is 4.10. The molecule has 1 aliphatic heterocycles. The number of nitrogens with zero attached hydrogens (tertiary/aromatic N) is 2. The van der Waals surface area contributed by atoms with Gasteiger partial charge in [-0.05, 0) is 53.4 Å². The lowest BCUT2D eigenvalue weighted by atomic mass is 9.75. The van der Waals surface area contributed by atoms with Gasteiger partial charge in [0.25, 0.3) is 0 Å². The van der Waals surface area contributed by atoms with Gasteiger partial charge in [0.05, 0.1) is 11.2 Å². The maximum absolute atomic E-state index is 12.1. The number of hydrogen-bond donors (Lipinski definition) is 0. The summed E-state index contributed by atoms with van der Waals surface area (Å²) in [5.74, 6) is 0. The zero-order valence-corrected chi connectivity index (χ0v) is 17.0. The van der Waals surface area contributed by atoms with E-state index in [4.69, 9.17) is 14.0 Å². The van der Waals surface area contributed by atoms with Crippen LogP contribution >= 0.6 is 0 Å². The van der Waals surface area contributed by atoms with Crippen molar-refractivity contribution in [3.8, 4) is 0 Å². The molecular weight excluding hydrogens is 319 g/mol. The Kier molecular flexibility index (Phi) is 4.90. The summed E-state index contributed by atoms with van der Waals surface area (Å²) in [6.07, 6.45) is 3.53. The fourth-order valence-corrected chi connectivity index (χ4v) is 3.06. The number of hydrogen-bond acceptors (Lipinski definition) is 5. The zero-order chi connectivity index (χ0) is 19.3. The summed E-state index contributed by atoms with van der Waals surface area (Å²) in [5.41, 5.74) is -0.665. The average molecular weight is 350 g/mol. The minimum atomic E-state index is -0.573. The van der Waals surface area contributed by atoms with Crippen LogP contribution in [-0.2, 0) is 14.0 Å². The van der Waals surface area contributed by atoms with Gasteiger partial charge in [0.2, 0.25) is 0 Å². The summed E-state index contributed by atoms with van der Waals surface area (Å²) in [7, 11) is -0.557. The van der Waals surface area contributed by atoms with E-state index >= 15 is 0 Å². The van der Waals surface area contributed by atoms with Crippen molar-refractivity contribution in [1.82, 2.24) is 9.78 Å². The third kappa shape index (κ3) is 4.64. The van der Waals surface area contributed by atoms with Crippen molar-refractivity contribution in [2.45, 2.75) is 85.5 Å². The molecule has 1 saturated heterocycles. The topological polar surface area (TPSA) is 62.6 Å². The molecule has 1 unspecified atom stereocenters. The smallest absolute Gasteiger partial charge is 0.442 e. The third-order valence-corrected chi connectivity index (χ3v) is 4.37. The van der Waals surface area contributed by atoms with E-state index in [2.05, 4.69) is 32.8 Å². The second kappa shape index (κ2) is 6.13. The van der Waals surface area contributed by atoms with Crippen LogP contribution in [0.5, 0.6) is 0 Å². The molecule has 2 rings (SSSR count). The Hall–Kier alpha value is -1.34. The van der Waals surface area contributed by atoms with E-state index in [1.165, 1.54) is 4.68 Å². The highest BCUT2D eigenvalue weighted by atomic mass is 16.7. The van der Waals surface area contributed by atoms with E-state index in [9.17, 15) is 4.79 Å². The Balaban J connectivity index is 2.18. The molecule has 1 aliphatic rings. The molecule has 0 spiro atoms. The second-order valence-electron chi connectivity index (χ2n) is 9.74. The number of carbonyl (C=O) groups is 1. The molecular formula is C18H31BN2O4. The lowest BCUT2D eigenvalue weighted by Gasteiger charge is -2.40. The van der Waals surface area contributed by atoms with Crippen molar-refractivity contribution in [1.29, 1.82) is 0 Å². The van der Waals surface area contributed by atoms with Crippen LogP contribution in [0.2, 0.25) is 0 Å². The molecule has 1 fully saturated rings. The van der Waals surface area contributed by atoms with Gasteiger partial charge in [0.15, 0.2) is 0 Å². The van der Waals surface area contributed by atoms with Crippen molar-refractivity contribution in [3.05, 3.63) is 12.4 Å². The molecule has 0 radical (unpaired) electrons. The Labute approximate surface area is 151 Å². The number of ether oxygens (including phenoxy) is 1. The number of carbonyl (C=O) groups excluding carboxylic acids is 1. The normalized spacial score (nSPS) is 23.8. The maximum Gasteiger partial charge on any atom is 0.498 e. The molecule has 0 aromatic carbocycles. The first-order valence-corrected chi connectivity index (χ1v) is 8.76. The Bertz CT molecular complexity index is 642. The van der Waals surface area contributed by atoms with Gasteiger partial charge < -0.3 is 14.0 Å². The highest BCUT2D eigenvalue weighted by Gasteiger charge is 2.55. The van der Waals surface area contributed by atoms with Gasteiger partial charge in [-0.15, -0.1) is 0 Å². The Morgan fingerprint density at radius 1 is 1.20 bits per heavy atom. The quantitative estimate of drug-likeness (QED) is 0.765. The Morgan fingerprint density at radius 2 is 1.80 bits per heavy atom. The first-order chi connectivity index (χ1) is 11.1. The summed E-state index contributed by atoms with van der Waals surface area (Å²) >= 11 is 0. The SMILES string of the molecule is CC(C)(C)CC1(C)OB(c2cnn(C(=O)OC(C)(C)C)c2)OC1(C)C. The lowest BCUT2D eigenvalue weighted by molar-refractivity contribution is -0.0367. The molecule has 140 valence electrons. The molecule has 7 heteroatoms. The standard InChI is InChI=1S/C18H31BN2O4/c1-15(2,3)12-18(9)17(7,8)24-19(25-18)13-10-20-21(11-13)14(22)23-16(4,5)6/h10-11H,12H2,1-9H3. The molecule has 0 amide bonds. The van der Waals surface area contributed by atoms with Crippen LogP contribution in [0.1, 0.15) is 68.7 Å². The lowest BCUT2D eigenvalue weighted by Crippen LogP contribution is -2.47. The van der Waals surface area contributed by atoms with Crippen molar-refractivity contribution in [2.24, 2.45) is 5.41 Å². The van der Waals surface area contributed by atoms with Crippen LogP contribution in [-0.4, -0.2) is 39.8 Å². The summed E-state index contributed by atoms with van der Waals surface area (Å²) < 4.78 is 19.0. The monoisotopic (exact) mass is 350 g/mol. The third-order valence-electron chi connectivity index (χ3n) is 4.37. The predicted octanol–water partition coefficient (Wildman–Crippen LogP) is 3.38. The molecule has 25 heavy (non-hydrogen) atoms. The first-order valence-electron chi connectivity index (χ1n) is 8.76. The van der Waals surface area contributed by atoms with Crippen LogP contribution < -0.4 is 5.46 Å². The second-order valence-corrected chi connectivity index (χ2v) is 9.74. The van der Waals surface area contributed by atoms with Crippen LogP contribution in [0, 0.1) is 5.41 Å².